The summed E-state index contributed by atoms with van der Waals surface area (Å²) in [6.07, 6.45) is 1.54. The molecule has 3 heteroatoms. The van der Waals surface area contributed by atoms with Gasteiger partial charge in [-0.25, -0.2) is 0 Å². The molecule has 0 amide bonds. The molecule has 12 heavy (non-hydrogen) atoms. The van der Waals surface area contributed by atoms with Gasteiger partial charge in [0.2, 0.25) is 0 Å². The lowest BCUT2D eigenvalue weighted by Gasteiger charge is -2.06. The normalized spacial score (nSPS) is 12.0. The summed E-state index contributed by atoms with van der Waals surface area (Å²) >= 11 is 0. The van der Waals surface area contributed by atoms with E-state index in [4.69, 9.17) is 14.9 Å². The van der Waals surface area contributed by atoms with Crippen molar-refractivity contribution < 1.29 is 4.42 Å². The summed E-state index contributed by atoms with van der Waals surface area (Å²) in [7, 11) is 0. The minimum absolute atomic E-state index is 0.157. The van der Waals surface area contributed by atoms with Crippen molar-refractivity contribution >= 4 is 0 Å². The van der Waals surface area contributed by atoms with Crippen molar-refractivity contribution in [2.24, 2.45) is 5.92 Å². The largest absolute Gasteiger partial charge is 0.469 e. The predicted octanol–water partition coefficient (Wildman–Crippen LogP) is 2.05. The van der Waals surface area contributed by atoms with Crippen LogP contribution in [0.2, 0.25) is 0 Å². The number of nitrogens with zero attached hydrogens (tertiary/aromatic N) is 2. The van der Waals surface area contributed by atoms with E-state index in [2.05, 4.69) is 0 Å². The summed E-state index contributed by atoms with van der Waals surface area (Å²) in [5.41, 5.74) is 0. The van der Waals surface area contributed by atoms with Crippen LogP contribution >= 0.6 is 0 Å². The van der Waals surface area contributed by atoms with Crippen molar-refractivity contribution in [3.63, 3.8) is 0 Å². The van der Waals surface area contributed by atoms with E-state index in [-0.39, 0.29) is 5.92 Å². The maximum absolute atomic E-state index is 8.58. The van der Waals surface area contributed by atoms with Gasteiger partial charge in [-0.05, 0) is 12.1 Å². The maximum Gasteiger partial charge on any atom is 0.142 e. The van der Waals surface area contributed by atoms with Gasteiger partial charge in [0.05, 0.1) is 18.4 Å². The van der Waals surface area contributed by atoms with E-state index in [0.717, 1.165) is 0 Å². The molecule has 0 aromatic carbocycles. The van der Waals surface area contributed by atoms with Gasteiger partial charge in [0.25, 0.3) is 0 Å². The van der Waals surface area contributed by atoms with Gasteiger partial charge in [-0.1, -0.05) is 6.92 Å². The first-order valence-corrected chi connectivity index (χ1v) is 3.62. The highest BCUT2D eigenvalue weighted by molar-refractivity contribution is 5.15. The summed E-state index contributed by atoms with van der Waals surface area (Å²) in [6, 6.07) is 7.36. The number of nitriles is 2. The van der Waals surface area contributed by atoms with Gasteiger partial charge in [0, 0.05) is 5.92 Å². The molecule has 0 radical (unpaired) electrons. The molecule has 0 bridgehead atoms. The molecule has 1 heterocycles. The molecular formula is C9H8N2O. The van der Waals surface area contributed by atoms with Crippen LogP contribution in [0.25, 0.3) is 0 Å². The van der Waals surface area contributed by atoms with Crippen LogP contribution in [0.3, 0.4) is 0 Å². The monoisotopic (exact) mass is 160 g/mol. The van der Waals surface area contributed by atoms with Crippen molar-refractivity contribution in [3.05, 3.63) is 24.2 Å². The molecule has 1 unspecified atom stereocenters. The van der Waals surface area contributed by atoms with Crippen LogP contribution in [-0.4, -0.2) is 0 Å². The first-order valence-electron chi connectivity index (χ1n) is 3.62. The molecule has 0 aliphatic heterocycles. The SMILES string of the molecule is CC(c1ccco1)C(C#N)C#N. The van der Waals surface area contributed by atoms with Crippen molar-refractivity contribution in [3.8, 4) is 12.1 Å². The Kier molecular flexibility index (Phi) is 2.50. The van der Waals surface area contributed by atoms with Crippen LogP contribution in [0.4, 0.5) is 0 Å². The number of hydrogen-bond donors (Lipinski definition) is 0. The molecule has 3 nitrogen and oxygen atoms in total. The molecule has 0 N–H and O–H groups in total. The topological polar surface area (TPSA) is 60.7 Å². The fourth-order valence-electron chi connectivity index (χ4n) is 0.967. The Morgan fingerprint density at radius 2 is 2.08 bits per heavy atom. The van der Waals surface area contributed by atoms with Gasteiger partial charge in [-0.2, -0.15) is 10.5 Å². The Morgan fingerprint density at radius 1 is 1.42 bits per heavy atom. The molecular weight excluding hydrogens is 152 g/mol. The van der Waals surface area contributed by atoms with E-state index in [1.54, 1.807) is 19.1 Å². The first-order chi connectivity index (χ1) is 5.79. The lowest BCUT2D eigenvalue weighted by Crippen LogP contribution is -2.04. The molecule has 0 saturated carbocycles. The van der Waals surface area contributed by atoms with Gasteiger partial charge in [0.15, 0.2) is 0 Å². The van der Waals surface area contributed by atoms with Crippen LogP contribution in [0, 0.1) is 28.6 Å². The predicted molar refractivity (Wildman–Crippen MR) is 41.8 cm³/mol. The number of furan rings is 1. The second kappa shape index (κ2) is 3.59. The van der Waals surface area contributed by atoms with Crippen LogP contribution in [0.1, 0.15) is 18.6 Å². The maximum atomic E-state index is 8.58. The smallest absolute Gasteiger partial charge is 0.142 e. The number of rotatable bonds is 2. The molecule has 0 aliphatic carbocycles. The van der Waals surface area contributed by atoms with Crippen LogP contribution in [0.5, 0.6) is 0 Å². The van der Waals surface area contributed by atoms with Crippen molar-refractivity contribution in [1.29, 1.82) is 10.5 Å². The van der Waals surface area contributed by atoms with Gasteiger partial charge >= 0.3 is 0 Å². The van der Waals surface area contributed by atoms with Gasteiger partial charge in [-0.3, -0.25) is 0 Å². The fourth-order valence-corrected chi connectivity index (χ4v) is 0.967. The minimum atomic E-state index is -0.629. The molecule has 1 aromatic rings. The zero-order chi connectivity index (χ0) is 8.97. The molecule has 0 saturated heterocycles. The van der Waals surface area contributed by atoms with E-state index < -0.39 is 5.92 Å². The zero-order valence-electron chi connectivity index (χ0n) is 6.69. The van der Waals surface area contributed by atoms with E-state index in [9.17, 15) is 0 Å². The van der Waals surface area contributed by atoms with Gasteiger partial charge in [0.1, 0.15) is 11.7 Å². The molecule has 0 spiro atoms. The Hall–Kier alpha value is -1.74. The number of hydrogen-bond acceptors (Lipinski definition) is 3. The molecule has 0 fully saturated rings. The molecule has 0 aliphatic rings. The highest BCUT2D eigenvalue weighted by Crippen LogP contribution is 2.23. The molecule has 1 aromatic heterocycles. The highest BCUT2D eigenvalue weighted by Gasteiger charge is 2.19. The minimum Gasteiger partial charge on any atom is -0.469 e. The van der Waals surface area contributed by atoms with Crippen LogP contribution in [0.15, 0.2) is 22.8 Å². The standard InChI is InChI=1S/C9H8N2O/c1-7(8(5-10)6-11)9-3-2-4-12-9/h2-4,7-8H,1H3. The van der Waals surface area contributed by atoms with E-state index in [0.29, 0.717) is 5.76 Å². The summed E-state index contributed by atoms with van der Waals surface area (Å²) in [5, 5.41) is 17.2. The average Bonchev–Trinajstić information content (AvgIpc) is 2.58. The average molecular weight is 160 g/mol. The zero-order valence-corrected chi connectivity index (χ0v) is 6.69. The third-order valence-electron chi connectivity index (χ3n) is 1.77. The lowest BCUT2D eigenvalue weighted by molar-refractivity contribution is 0.455. The summed E-state index contributed by atoms with van der Waals surface area (Å²) in [4.78, 5) is 0. The second-order valence-corrected chi connectivity index (χ2v) is 2.54. The second-order valence-electron chi connectivity index (χ2n) is 2.54. The van der Waals surface area contributed by atoms with Crippen LogP contribution < -0.4 is 0 Å². The van der Waals surface area contributed by atoms with E-state index in [1.807, 2.05) is 12.1 Å². The highest BCUT2D eigenvalue weighted by atomic mass is 16.3. The fraction of sp³-hybridized carbons (Fsp3) is 0.333. The summed E-state index contributed by atoms with van der Waals surface area (Å²) < 4.78 is 5.08. The Balaban J connectivity index is 2.80. The van der Waals surface area contributed by atoms with Gasteiger partial charge in [-0.15, -0.1) is 0 Å². The summed E-state index contributed by atoms with van der Waals surface area (Å²) in [6.45, 7) is 1.80. The van der Waals surface area contributed by atoms with Crippen molar-refractivity contribution in [1.82, 2.24) is 0 Å². The Labute approximate surface area is 70.8 Å². The van der Waals surface area contributed by atoms with Gasteiger partial charge < -0.3 is 4.42 Å². The van der Waals surface area contributed by atoms with Crippen molar-refractivity contribution in [2.45, 2.75) is 12.8 Å². The lowest BCUT2D eigenvalue weighted by atomic mass is 9.95. The Bertz CT molecular complexity index is 301. The molecule has 1 atom stereocenters. The van der Waals surface area contributed by atoms with E-state index >= 15 is 0 Å². The third kappa shape index (κ3) is 1.46. The third-order valence-corrected chi connectivity index (χ3v) is 1.77. The molecule has 1 rings (SSSR count). The Morgan fingerprint density at radius 3 is 2.50 bits per heavy atom. The molecule has 60 valence electrons. The van der Waals surface area contributed by atoms with Crippen LogP contribution in [-0.2, 0) is 0 Å². The quantitative estimate of drug-likeness (QED) is 0.665. The first kappa shape index (κ1) is 8.36. The van der Waals surface area contributed by atoms with Crippen molar-refractivity contribution in [2.75, 3.05) is 0 Å². The van der Waals surface area contributed by atoms with E-state index in [1.165, 1.54) is 6.26 Å². The summed E-state index contributed by atoms with van der Waals surface area (Å²) in [5.74, 6) is -0.103.